The number of nitrogens with two attached hydrogens (primary N) is 1. The number of nitrogens with zero attached hydrogens (tertiary/aromatic N) is 7. The highest BCUT2D eigenvalue weighted by atomic mass is 32.2. The molecule has 2 atom stereocenters. The minimum absolute atomic E-state index is 0.0267. The van der Waals surface area contributed by atoms with Gasteiger partial charge in [-0.1, -0.05) is 16.9 Å². The van der Waals surface area contributed by atoms with Crippen molar-refractivity contribution in [1.82, 2.24) is 24.6 Å². The highest BCUT2D eigenvalue weighted by Gasteiger charge is 2.54. The number of imidazole rings is 1. The van der Waals surface area contributed by atoms with E-state index in [1.54, 1.807) is 0 Å². The first-order valence-corrected chi connectivity index (χ1v) is 17.4. The van der Waals surface area contributed by atoms with Crippen molar-refractivity contribution in [2.24, 2.45) is 12.2 Å². The molecule has 280 valence electrons. The molecule has 52 heavy (non-hydrogen) atoms. The number of carboxylic acid groups (broad SMARTS) is 3. The number of rotatable bonds is 11. The summed E-state index contributed by atoms with van der Waals surface area (Å²) >= 11 is 3.70. The van der Waals surface area contributed by atoms with Gasteiger partial charge in [0.25, 0.3) is 22.6 Å². The van der Waals surface area contributed by atoms with Crippen molar-refractivity contribution in [2.75, 3.05) is 36.2 Å². The van der Waals surface area contributed by atoms with E-state index in [2.05, 4.69) is 15.5 Å². The van der Waals surface area contributed by atoms with Crippen LogP contribution in [0.3, 0.4) is 0 Å². The molecule has 0 radical (unpaired) electrons. The van der Waals surface area contributed by atoms with E-state index in [9.17, 15) is 42.6 Å². The molecule has 2 amide bonds. The number of oxime groups is 1. The molecule has 0 spiro atoms. The normalized spacial score (nSPS) is 17.5. The summed E-state index contributed by atoms with van der Waals surface area (Å²) in [6.45, 7) is 2.50. The maximum absolute atomic E-state index is 13.3. The first-order chi connectivity index (χ1) is 24.1. The number of aromatic nitrogens is 4. The van der Waals surface area contributed by atoms with Crippen LogP contribution in [0.15, 0.2) is 45.4 Å². The standard InChI is InChI=1S/C26H29N9O7S3.C2HF3O2/c1-26(2,23(40)41)42-31-16(13-11-44-24(27)28-13)19(36)30-17-20(37)35-18(22(38)39)12(9-43-21(17)35)10-45-25-29-14(32(3)4)8-15-33(5)6-7-34(15)25;3-2(4,5)1(6)7/h6-8,11,17,21H,9-10H2,1-5H3,(H4-,27,28,30,36,38,39,40,41);(H,6,7)/b31-16-;. The van der Waals surface area contributed by atoms with Crippen LogP contribution >= 0.6 is 34.9 Å². The Labute approximate surface area is 304 Å². The van der Waals surface area contributed by atoms with Crippen LogP contribution in [-0.4, -0.2) is 114 Å². The number of hydrogen-bond acceptors (Lipinski definition) is 15. The first kappa shape index (κ1) is 39.7. The molecule has 0 aromatic carbocycles. The Morgan fingerprint density at radius 1 is 1.25 bits per heavy atom. The van der Waals surface area contributed by atoms with E-state index in [-0.39, 0.29) is 28.0 Å². The van der Waals surface area contributed by atoms with Crippen LogP contribution < -0.4 is 25.6 Å². The van der Waals surface area contributed by atoms with Gasteiger partial charge in [0.2, 0.25) is 5.60 Å². The van der Waals surface area contributed by atoms with Crippen LogP contribution in [0, 0.1) is 0 Å². The Morgan fingerprint density at radius 3 is 2.44 bits per heavy atom. The van der Waals surface area contributed by atoms with Crippen molar-refractivity contribution in [2.45, 2.75) is 42.2 Å². The van der Waals surface area contributed by atoms with Gasteiger partial charge in [-0.15, -0.1) is 23.1 Å². The zero-order valence-corrected chi connectivity index (χ0v) is 30.1. The molecule has 2 aliphatic heterocycles. The average Bonchev–Trinajstić information content (AvgIpc) is 3.66. The van der Waals surface area contributed by atoms with Gasteiger partial charge in [-0.25, -0.2) is 19.1 Å². The Hall–Kier alpha value is -5.10. The number of anilines is 2. The second-order valence-electron chi connectivity index (χ2n) is 11.5. The lowest BCUT2D eigenvalue weighted by atomic mass is 10.0. The van der Waals surface area contributed by atoms with E-state index in [4.69, 9.17) is 25.5 Å². The monoisotopic (exact) mass is 789 g/mol. The summed E-state index contributed by atoms with van der Waals surface area (Å²) in [7, 11) is 5.69. The van der Waals surface area contributed by atoms with Gasteiger partial charge in [0.15, 0.2) is 10.8 Å². The number of thiazole rings is 1. The van der Waals surface area contributed by atoms with Gasteiger partial charge in [0.1, 0.15) is 47.0 Å². The third-order valence-corrected chi connectivity index (χ3v) is 10.2. The SMILES string of the molecule is CN(C)c1cc2n(cc[n+]2C)c(SCC2=C(C(=O)O)N3C(=O)C(NC(=O)/C(=N\OC(C)(C)C(=O)O)c4csc(N)n4)C3SC2)n1.O=C([O-])C(F)(F)F. The lowest BCUT2D eigenvalue weighted by Gasteiger charge is -2.49. The third-order valence-electron chi connectivity index (χ3n) is 7.18. The lowest BCUT2D eigenvalue weighted by Crippen LogP contribution is -2.71. The maximum Gasteiger partial charge on any atom is 0.430 e. The number of β-lactam (4-membered cyclic amide) rings is 1. The zero-order valence-electron chi connectivity index (χ0n) is 27.7. The molecule has 0 bridgehead atoms. The van der Waals surface area contributed by atoms with Crippen molar-refractivity contribution >= 4 is 86.9 Å². The van der Waals surface area contributed by atoms with E-state index in [0.717, 1.165) is 22.8 Å². The number of hydrogen-bond donors (Lipinski definition) is 4. The molecule has 5 rings (SSSR count). The predicted molar refractivity (Wildman–Crippen MR) is 178 cm³/mol. The fourth-order valence-corrected chi connectivity index (χ4v) is 7.42. The molecule has 2 aliphatic rings. The fourth-order valence-electron chi connectivity index (χ4n) is 4.41. The van der Waals surface area contributed by atoms with E-state index >= 15 is 0 Å². The number of nitrogen functional groups attached to an aromatic ring is 1. The molecule has 5 N–H and O–H groups in total. The molecule has 18 nitrogen and oxygen atoms in total. The fraction of sp³-hybridized carbons (Fsp3) is 0.393. The second-order valence-corrected chi connectivity index (χ2v) is 14.5. The minimum Gasteiger partial charge on any atom is -0.542 e. The highest BCUT2D eigenvalue weighted by molar-refractivity contribution is 8.01. The number of halogens is 3. The Balaban J connectivity index is 0.000000785. The number of fused-ring (bicyclic) bond motifs is 2. The number of amides is 2. The third kappa shape index (κ3) is 8.50. The Bertz CT molecular complexity index is 2000. The second kappa shape index (κ2) is 15.2. The van der Waals surface area contributed by atoms with Gasteiger partial charge in [0, 0.05) is 31.0 Å². The number of aryl methyl sites for hydroxylation is 1. The van der Waals surface area contributed by atoms with Gasteiger partial charge in [0.05, 0.1) is 13.1 Å². The highest BCUT2D eigenvalue weighted by Crippen LogP contribution is 2.41. The summed E-state index contributed by atoms with van der Waals surface area (Å²) in [6.07, 6.45) is -1.42. The first-order valence-electron chi connectivity index (χ1n) is 14.5. The number of carboxylic acids is 3. The van der Waals surface area contributed by atoms with Crippen molar-refractivity contribution in [1.29, 1.82) is 0 Å². The van der Waals surface area contributed by atoms with E-state index in [0.29, 0.717) is 16.5 Å². The quantitative estimate of drug-likeness (QED) is 0.0485. The van der Waals surface area contributed by atoms with Gasteiger partial charge in [-0.3, -0.25) is 14.5 Å². The largest absolute Gasteiger partial charge is 0.542 e. The average molecular weight is 790 g/mol. The van der Waals surface area contributed by atoms with Crippen LogP contribution in [0.1, 0.15) is 19.5 Å². The summed E-state index contributed by atoms with van der Waals surface area (Å²) < 4.78 is 35.4. The van der Waals surface area contributed by atoms with E-state index < -0.39 is 52.9 Å². The molecule has 24 heteroatoms. The molecule has 1 fully saturated rings. The molecule has 3 aromatic rings. The summed E-state index contributed by atoms with van der Waals surface area (Å²) in [5.74, 6) is -5.76. The molecule has 0 aliphatic carbocycles. The van der Waals surface area contributed by atoms with Gasteiger partial charge in [-0.2, -0.15) is 22.6 Å². The number of aliphatic carboxylic acids is 3. The van der Waals surface area contributed by atoms with Crippen LogP contribution in [0.4, 0.5) is 24.1 Å². The lowest BCUT2D eigenvalue weighted by molar-refractivity contribution is -0.644. The van der Waals surface area contributed by atoms with Gasteiger partial charge in [-0.05, 0) is 19.4 Å². The van der Waals surface area contributed by atoms with Gasteiger partial charge < -0.3 is 40.9 Å². The molecule has 3 aromatic heterocycles. The van der Waals surface area contributed by atoms with E-state index in [1.165, 1.54) is 47.7 Å². The topological polar surface area (TPSA) is 249 Å². The van der Waals surface area contributed by atoms with Crippen LogP contribution in [0.2, 0.25) is 0 Å². The Kier molecular flexibility index (Phi) is 11.6. The van der Waals surface area contributed by atoms with Crippen LogP contribution in [0.5, 0.6) is 0 Å². The molecular weight excluding hydrogens is 760 g/mol. The smallest absolute Gasteiger partial charge is 0.430 e. The van der Waals surface area contributed by atoms with Crippen LogP contribution in [0.25, 0.3) is 5.65 Å². The van der Waals surface area contributed by atoms with Crippen molar-refractivity contribution in [3.05, 3.63) is 40.8 Å². The zero-order chi connectivity index (χ0) is 38.9. The summed E-state index contributed by atoms with van der Waals surface area (Å²) in [5.41, 5.74) is 4.90. The Morgan fingerprint density at radius 2 is 1.90 bits per heavy atom. The number of nitrogens with one attached hydrogen (secondary N) is 1. The predicted octanol–water partition coefficient (Wildman–Crippen LogP) is -0.323. The molecule has 1 saturated heterocycles. The summed E-state index contributed by atoms with van der Waals surface area (Å²) in [5, 5.41) is 36.2. The number of alkyl halides is 3. The van der Waals surface area contributed by atoms with Gasteiger partial charge >= 0.3 is 18.1 Å². The van der Waals surface area contributed by atoms with E-state index in [1.807, 2.05) is 53.5 Å². The molecule has 2 unspecified atom stereocenters. The molecule has 0 saturated carbocycles. The van der Waals surface area contributed by atoms with Crippen molar-refractivity contribution < 1.29 is 61.9 Å². The number of carbonyl (C=O) groups is 5. The summed E-state index contributed by atoms with van der Waals surface area (Å²) in [6, 6.07) is 0.872. The molecule has 5 heterocycles. The number of thioether (sulfide) groups is 2. The maximum atomic E-state index is 13.3. The summed E-state index contributed by atoms with van der Waals surface area (Å²) in [4.78, 5) is 76.3. The van der Waals surface area contributed by atoms with Crippen molar-refractivity contribution in [3.8, 4) is 0 Å². The number of carbonyl (C=O) groups excluding carboxylic acids is 3. The molecular formula is C28H30F3N9O9S3. The van der Waals surface area contributed by atoms with Crippen LogP contribution in [-0.2, 0) is 35.9 Å². The minimum atomic E-state index is -5.19. The van der Waals surface area contributed by atoms with Crippen molar-refractivity contribution in [3.63, 3.8) is 0 Å².